The zero-order valence-corrected chi connectivity index (χ0v) is 10.9. The maximum atomic E-state index is 13.5. The van der Waals surface area contributed by atoms with Crippen molar-refractivity contribution >= 4 is 0 Å². The van der Waals surface area contributed by atoms with Gasteiger partial charge in [0.1, 0.15) is 17.5 Å². The van der Waals surface area contributed by atoms with Gasteiger partial charge >= 0.3 is 0 Å². The molecule has 0 bridgehead atoms. The monoisotopic (exact) mass is 248 g/mol. The molecule has 0 atom stereocenters. The van der Waals surface area contributed by atoms with Gasteiger partial charge in [-0.2, -0.15) is 0 Å². The number of hydrogen-bond donors (Lipinski definition) is 0. The molecule has 96 valence electrons. The van der Waals surface area contributed by atoms with E-state index in [1.54, 1.807) is 12.1 Å². The Bertz CT molecular complexity index is 536. The first-order chi connectivity index (χ1) is 8.58. The largest absolute Gasteiger partial charge is 0.317 e. The first-order valence-corrected chi connectivity index (χ1v) is 5.84. The van der Waals surface area contributed by atoms with Crippen LogP contribution in [-0.4, -0.2) is 26.7 Å². The summed E-state index contributed by atoms with van der Waals surface area (Å²) >= 11 is 0. The van der Waals surface area contributed by atoms with E-state index in [0.29, 0.717) is 18.7 Å². The van der Waals surface area contributed by atoms with Gasteiger partial charge in [0, 0.05) is 19.2 Å². The highest BCUT2D eigenvalue weighted by Crippen LogP contribution is 2.10. The molecule has 0 aliphatic rings. The van der Waals surface area contributed by atoms with Crippen molar-refractivity contribution in [2.24, 2.45) is 7.05 Å². The number of aryl methyl sites for hydroxylation is 1. The molecular formula is C13H17FN4. The van der Waals surface area contributed by atoms with Crippen molar-refractivity contribution in [3.05, 3.63) is 47.3 Å². The van der Waals surface area contributed by atoms with Crippen LogP contribution >= 0.6 is 0 Å². The molecule has 18 heavy (non-hydrogen) atoms. The Hall–Kier alpha value is -1.75. The highest BCUT2D eigenvalue weighted by molar-refractivity contribution is 5.17. The third-order valence-corrected chi connectivity index (χ3v) is 2.99. The first kappa shape index (κ1) is 12.7. The average Bonchev–Trinajstić information content (AvgIpc) is 2.64. The van der Waals surface area contributed by atoms with E-state index in [4.69, 9.17) is 0 Å². The van der Waals surface area contributed by atoms with Crippen LogP contribution in [0.1, 0.15) is 17.2 Å². The summed E-state index contributed by atoms with van der Waals surface area (Å²) in [4.78, 5) is 2.02. The molecule has 0 fully saturated rings. The van der Waals surface area contributed by atoms with Crippen molar-refractivity contribution in [1.82, 2.24) is 19.7 Å². The summed E-state index contributed by atoms with van der Waals surface area (Å²) < 4.78 is 15.5. The van der Waals surface area contributed by atoms with Gasteiger partial charge in [-0.25, -0.2) is 4.39 Å². The molecular weight excluding hydrogens is 231 g/mol. The van der Waals surface area contributed by atoms with Crippen molar-refractivity contribution in [3.8, 4) is 0 Å². The fourth-order valence-corrected chi connectivity index (χ4v) is 1.80. The van der Waals surface area contributed by atoms with Crippen molar-refractivity contribution in [2.45, 2.75) is 20.0 Å². The van der Waals surface area contributed by atoms with Gasteiger partial charge in [-0.1, -0.05) is 18.2 Å². The van der Waals surface area contributed by atoms with Crippen molar-refractivity contribution in [2.75, 3.05) is 7.05 Å². The zero-order chi connectivity index (χ0) is 13.1. The summed E-state index contributed by atoms with van der Waals surface area (Å²) in [5.74, 6) is 1.59. The molecule has 0 amide bonds. The second-order valence-electron chi connectivity index (χ2n) is 4.49. The molecule has 2 aromatic rings. The van der Waals surface area contributed by atoms with Crippen molar-refractivity contribution in [3.63, 3.8) is 0 Å². The van der Waals surface area contributed by atoms with Gasteiger partial charge in [0.15, 0.2) is 0 Å². The van der Waals surface area contributed by atoms with Gasteiger partial charge in [-0.05, 0) is 20.0 Å². The number of halogens is 1. The van der Waals surface area contributed by atoms with Crippen LogP contribution in [0, 0.1) is 12.7 Å². The molecule has 0 spiro atoms. The smallest absolute Gasteiger partial charge is 0.146 e. The molecule has 0 aliphatic carbocycles. The predicted octanol–water partition coefficient (Wildman–Crippen LogP) is 1.89. The zero-order valence-electron chi connectivity index (χ0n) is 10.9. The quantitative estimate of drug-likeness (QED) is 0.828. The van der Waals surface area contributed by atoms with Gasteiger partial charge in [0.2, 0.25) is 0 Å². The molecule has 5 heteroatoms. The molecule has 0 aliphatic heterocycles. The van der Waals surface area contributed by atoms with Gasteiger partial charge in [-0.3, -0.25) is 4.90 Å². The van der Waals surface area contributed by atoms with E-state index in [-0.39, 0.29) is 5.82 Å². The van der Waals surface area contributed by atoms with Gasteiger partial charge in [-0.15, -0.1) is 10.2 Å². The average molecular weight is 248 g/mol. The third kappa shape index (κ3) is 2.73. The van der Waals surface area contributed by atoms with Crippen LogP contribution in [-0.2, 0) is 20.1 Å². The predicted molar refractivity (Wildman–Crippen MR) is 67.3 cm³/mol. The van der Waals surface area contributed by atoms with Gasteiger partial charge in [0.25, 0.3) is 0 Å². The fraction of sp³-hybridized carbons (Fsp3) is 0.385. The van der Waals surface area contributed by atoms with Crippen LogP contribution in [0.5, 0.6) is 0 Å². The number of hydrogen-bond acceptors (Lipinski definition) is 3. The minimum atomic E-state index is -0.168. The summed E-state index contributed by atoms with van der Waals surface area (Å²) in [5.41, 5.74) is 0.693. The van der Waals surface area contributed by atoms with Crippen LogP contribution in [0.2, 0.25) is 0 Å². The maximum absolute atomic E-state index is 13.5. The number of nitrogens with zero attached hydrogens (tertiary/aromatic N) is 4. The van der Waals surface area contributed by atoms with E-state index < -0.39 is 0 Å². The van der Waals surface area contributed by atoms with Crippen LogP contribution in [0.15, 0.2) is 24.3 Å². The van der Waals surface area contributed by atoms with Crippen molar-refractivity contribution in [1.29, 1.82) is 0 Å². The van der Waals surface area contributed by atoms with E-state index in [1.807, 2.05) is 36.6 Å². The Morgan fingerprint density at radius 1 is 1.22 bits per heavy atom. The summed E-state index contributed by atoms with van der Waals surface area (Å²) in [5, 5.41) is 8.10. The lowest BCUT2D eigenvalue weighted by Gasteiger charge is -2.16. The number of aromatic nitrogens is 3. The van der Waals surface area contributed by atoms with Crippen LogP contribution in [0.25, 0.3) is 0 Å². The highest BCUT2D eigenvalue weighted by Gasteiger charge is 2.10. The van der Waals surface area contributed by atoms with Crippen LogP contribution < -0.4 is 0 Å². The van der Waals surface area contributed by atoms with Crippen molar-refractivity contribution < 1.29 is 4.39 Å². The molecule has 1 heterocycles. The number of benzene rings is 1. The van der Waals surface area contributed by atoms with E-state index in [9.17, 15) is 4.39 Å². The molecule has 0 saturated heterocycles. The molecule has 2 rings (SSSR count). The minimum Gasteiger partial charge on any atom is -0.317 e. The first-order valence-electron chi connectivity index (χ1n) is 5.84. The lowest BCUT2D eigenvalue weighted by Crippen LogP contribution is -2.20. The molecule has 0 saturated carbocycles. The highest BCUT2D eigenvalue weighted by atomic mass is 19.1. The molecule has 0 radical (unpaired) electrons. The SMILES string of the molecule is Cc1nnc(CN(C)Cc2ccccc2F)n1C. The summed E-state index contributed by atoms with van der Waals surface area (Å²) in [6.07, 6.45) is 0. The second-order valence-corrected chi connectivity index (χ2v) is 4.49. The lowest BCUT2D eigenvalue weighted by atomic mass is 10.2. The van der Waals surface area contributed by atoms with Gasteiger partial charge in [0.05, 0.1) is 6.54 Å². The Balaban J connectivity index is 2.03. The summed E-state index contributed by atoms with van der Waals surface area (Å²) in [6.45, 7) is 3.11. The molecule has 4 nitrogen and oxygen atoms in total. The summed E-state index contributed by atoms with van der Waals surface area (Å²) in [7, 11) is 3.87. The van der Waals surface area contributed by atoms with Crippen LogP contribution in [0.3, 0.4) is 0 Å². The standard InChI is InChI=1S/C13H17FN4/c1-10-15-16-13(18(10)3)9-17(2)8-11-6-4-5-7-12(11)14/h4-7H,8-9H2,1-3H3. The fourth-order valence-electron chi connectivity index (χ4n) is 1.80. The van der Waals surface area contributed by atoms with Gasteiger partial charge < -0.3 is 4.57 Å². The van der Waals surface area contributed by atoms with E-state index in [0.717, 1.165) is 11.6 Å². The topological polar surface area (TPSA) is 34.0 Å². The molecule has 0 unspecified atom stereocenters. The second kappa shape index (κ2) is 5.27. The molecule has 0 N–H and O–H groups in total. The minimum absolute atomic E-state index is 0.168. The third-order valence-electron chi connectivity index (χ3n) is 2.99. The van der Waals surface area contributed by atoms with E-state index in [2.05, 4.69) is 10.2 Å². The Morgan fingerprint density at radius 3 is 2.56 bits per heavy atom. The summed E-state index contributed by atoms with van der Waals surface area (Å²) in [6, 6.07) is 6.83. The number of rotatable bonds is 4. The molecule has 1 aromatic heterocycles. The lowest BCUT2D eigenvalue weighted by molar-refractivity contribution is 0.301. The van der Waals surface area contributed by atoms with E-state index >= 15 is 0 Å². The molecule has 1 aromatic carbocycles. The Labute approximate surface area is 106 Å². The van der Waals surface area contributed by atoms with E-state index in [1.165, 1.54) is 6.07 Å². The Morgan fingerprint density at radius 2 is 1.94 bits per heavy atom. The van der Waals surface area contributed by atoms with Crippen LogP contribution in [0.4, 0.5) is 4.39 Å². The normalized spacial score (nSPS) is 11.2. The Kier molecular flexibility index (Phi) is 3.72. The maximum Gasteiger partial charge on any atom is 0.146 e.